The molecule has 1 aromatic heterocycles. The van der Waals surface area contributed by atoms with E-state index in [1.54, 1.807) is 6.07 Å². The SMILES string of the molecule is CC1OCCC1CNc1ccc([N+](=O)[O-])c(C#N)n1. The van der Waals surface area contributed by atoms with E-state index < -0.39 is 4.92 Å². The van der Waals surface area contributed by atoms with Gasteiger partial charge in [-0.05, 0) is 19.4 Å². The van der Waals surface area contributed by atoms with E-state index in [2.05, 4.69) is 10.3 Å². The van der Waals surface area contributed by atoms with Crippen LogP contribution in [0.3, 0.4) is 0 Å². The van der Waals surface area contributed by atoms with Crippen LogP contribution in [-0.4, -0.2) is 29.2 Å². The molecule has 0 amide bonds. The fourth-order valence-corrected chi connectivity index (χ4v) is 2.06. The van der Waals surface area contributed by atoms with Crippen molar-refractivity contribution in [2.75, 3.05) is 18.5 Å². The highest BCUT2D eigenvalue weighted by molar-refractivity contribution is 5.50. The molecule has 0 radical (unpaired) electrons. The zero-order valence-electron chi connectivity index (χ0n) is 10.5. The molecule has 1 aromatic rings. The second kappa shape index (κ2) is 5.63. The highest BCUT2D eigenvalue weighted by atomic mass is 16.6. The van der Waals surface area contributed by atoms with E-state index in [9.17, 15) is 10.1 Å². The van der Waals surface area contributed by atoms with Gasteiger partial charge < -0.3 is 10.1 Å². The lowest BCUT2D eigenvalue weighted by atomic mass is 10.0. The number of nitriles is 1. The Kier molecular flexibility index (Phi) is 3.92. The predicted molar refractivity (Wildman–Crippen MR) is 67.6 cm³/mol. The summed E-state index contributed by atoms with van der Waals surface area (Å²) in [6.45, 7) is 3.45. The maximum Gasteiger partial charge on any atom is 0.305 e. The molecule has 19 heavy (non-hydrogen) atoms. The third-order valence-electron chi connectivity index (χ3n) is 3.26. The maximum atomic E-state index is 10.7. The van der Waals surface area contributed by atoms with Crippen molar-refractivity contribution in [3.8, 4) is 6.07 Å². The van der Waals surface area contributed by atoms with E-state index in [0.29, 0.717) is 18.3 Å². The highest BCUT2D eigenvalue weighted by Crippen LogP contribution is 2.22. The van der Waals surface area contributed by atoms with E-state index in [4.69, 9.17) is 10.00 Å². The molecule has 2 rings (SSSR count). The molecule has 1 aliphatic rings. The third kappa shape index (κ3) is 2.98. The van der Waals surface area contributed by atoms with E-state index >= 15 is 0 Å². The van der Waals surface area contributed by atoms with Crippen LogP contribution in [0, 0.1) is 27.4 Å². The quantitative estimate of drug-likeness (QED) is 0.654. The number of anilines is 1. The van der Waals surface area contributed by atoms with Crippen LogP contribution in [0.4, 0.5) is 11.5 Å². The molecule has 0 aromatic carbocycles. The van der Waals surface area contributed by atoms with Crippen LogP contribution < -0.4 is 5.32 Å². The van der Waals surface area contributed by atoms with Gasteiger partial charge in [-0.3, -0.25) is 10.1 Å². The Morgan fingerprint density at radius 3 is 3.05 bits per heavy atom. The number of nitro groups is 1. The molecule has 0 saturated carbocycles. The average Bonchev–Trinajstić information content (AvgIpc) is 2.81. The van der Waals surface area contributed by atoms with Gasteiger partial charge in [0.25, 0.3) is 0 Å². The number of hydrogen-bond donors (Lipinski definition) is 1. The fourth-order valence-electron chi connectivity index (χ4n) is 2.06. The normalized spacial score (nSPS) is 21.9. The smallest absolute Gasteiger partial charge is 0.305 e. The fraction of sp³-hybridized carbons (Fsp3) is 0.500. The van der Waals surface area contributed by atoms with Gasteiger partial charge >= 0.3 is 5.69 Å². The topological polar surface area (TPSA) is 101 Å². The average molecular weight is 262 g/mol. The van der Waals surface area contributed by atoms with Crippen molar-refractivity contribution < 1.29 is 9.66 Å². The molecule has 1 saturated heterocycles. The van der Waals surface area contributed by atoms with Crippen molar-refractivity contribution >= 4 is 11.5 Å². The van der Waals surface area contributed by atoms with Crippen molar-refractivity contribution in [2.45, 2.75) is 19.4 Å². The summed E-state index contributed by atoms with van der Waals surface area (Å²) in [6.07, 6.45) is 1.17. The van der Waals surface area contributed by atoms with Crippen LogP contribution >= 0.6 is 0 Å². The Morgan fingerprint density at radius 2 is 2.47 bits per heavy atom. The van der Waals surface area contributed by atoms with Crippen molar-refractivity contribution in [1.82, 2.24) is 4.98 Å². The van der Waals surface area contributed by atoms with Crippen LogP contribution in [-0.2, 0) is 4.74 Å². The van der Waals surface area contributed by atoms with Gasteiger partial charge in [-0.1, -0.05) is 0 Å². The van der Waals surface area contributed by atoms with Crippen LogP contribution in [0.25, 0.3) is 0 Å². The number of aromatic nitrogens is 1. The summed E-state index contributed by atoms with van der Waals surface area (Å²) in [5.41, 5.74) is -0.448. The molecule has 2 heterocycles. The van der Waals surface area contributed by atoms with E-state index in [1.165, 1.54) is 12.1 Å². The first kappa shape index (κ1) is 13.2. The van der Waals surface area contributed by atoms with Gasteiger partial charge in [0.15, 0.2) is 0 Å². The Morgan fingerprint density at radius 1 is 1.68 bits per heavy atom. The molecule has 0 bridgehead atoms. The standard InChI is InChI=1S/C12H14N4O3/c1-8-9(4-5-19-8)7-14-12-3-2-11(16(17)18)10(6-13)15-12/h2-3,8-9H,4-5,7H2,1H3,(H,14,15). The maximum absolute atomic E-state index is 10.7. The minimum atomic E-state index is -0.609. The van der Waals surface area contributed by atoms with Crippen LogP contribution in [0.2, 0.25) is 0 Å². The summed E-state index contributed by atoms with van der Waals surface area (Å²) in [5, 5.41) is 22.6. The van der Waals surface area contributed by atoms with Gasteiger partial charge in [-0.25, -0.2) is 4.98 Å². The van der Waals surface area contributed by atoms with Gasteiger partial charge in [0, 0.05) is 25.1 Å². The highest BCUT2D eigenvalue weighted by Gasteiger charge is 2.24. The minimum absolute atomic E-state index is 0.175. The lowest BCUT2D eigenvalue weighted by molar-refractivity contribution is -0.385. The van der Waals surface area contributed by atoms with Crippen LogP contribution in [0.5, 0.6) is 0 Å². The van der Waals surface area contributed by atoms with Crippen LogP contribution in [0.1, 0.15) is 19.0 Å². The van der Waals surface area contributed by atoms with Gasteiger partial charge in [0.2, 0.25) is 5.69 Å². The number of hydrogen-bond acceptors (Lipinski definition) is 6. The molecule has 1 N–H and O–H groups in total. The summed E-state index contributed by atoms with van der Waals surface area (Å²) >= 11 is 0. The molecule has 1 fully saturated rings. The molecular formula is C12H14N4O3. The Balaban J connectivity index is 2.05. The largest absolute Gasteiger partial charge is 0.378 e. The van der Waals surface area contributed by atoms with Crippen molar-refractivity contribution in [2.24, 2.45) is 5.92 Å². The van der Waals surface area contributed by atoms with Gasteiger partial charge in [0.1, 0.15) is 11.9 Å². The molecule has 2 atom stereocenters. The zero-order valence-corrected chi connectivity index (χ0v) is 10.5. The summed E-state index contributed by atoms with van der Waals surface area (Å²) < 4.78 is 5.45. The number of pyridine rings is 1. The number of ether oxygens (including phenoxy) is 1. The predicted octanol–water partition coefficient (Wildman–Crippen LogP) is 1.70. The van der Waals surface area contributed by atoms with E-state index in [0.717, 1.165) is 13.0 Å². The summed E-state index contributed by atoms with van der Waals surface area (Å²) in [6, 6.07) is 4.54. The second-order valence-electron chi connectivity index (χ2n) is 4.44. The molecule has 7 heteroatoms. The molecular weight excluding hydrogens is 248 g/mol. The first-order chi connectivity index (χ1) is 9.11. The van der Waals surface area contributed by atoms with Gasteiger partial charge in [-0.15, -0.1) is 0 Å². The minimum Gasteiger partial charge on any atom is -0.378 e. The molecule has 1 aliphatic heterocycles. The monoisotopic (exact) mass is 262 g/mol. The molecule has 2 unspecified atom stereocenters. The van der Waals surface area contributed by atoms with Crippen molar-refractivity contribution in [1.29, 1.82) is 5.26 Å². The number of rotatable bonds is 4. The van der Waals surface area contributed by atoms with Gasteiger partial charge in [-0.2, -0.15) is 5.26 Å². The number of nitrogens with one attached hydrogen (secondary N) is 1. The summed E-state index contributed by atoms with van der Waals surface area (Å²) in [7, 11) is 0. The Bertz CT molecular complexity index is 526. The second-order valence-corrected chi connectivity index (χ2v) is 4.44. The van der Waals surface area contributed by atoms with Crippen molar-refractivity contribution in [3.05, 3.63) is 27.9 Å². The zero-order chi connectivity index (χ0) is 13.8. The lowest BCUT2D eigenvalue weighted by Crippen LogP contribution is -2.21. The summed E-state index contributed by atoms with van der Waals surface area (Å²) in [5.74, 6) is 0.865. The van der Waals surface area contributed by atoms with Gasteiger partial charge in [0.05, 0.1) is 11.0 Å². The third-order valence-corrected chi connectivity index (χ3v) is 3.26. The summed E-state index contributed by atoms with van der Waals surface area (Å²) in [4.78, 5) is 14.0. The van der Waals surface area contributed by atoms with E-state index in [1.807, 2.05) is 6.92 Å². The Hall–Kier alpha value is -2.20. The molecule has 0 spiro atoms. The Labute approximate surface area is 110 Å². The molecule has 7 nitrogen and oxygen atoms in total. The first-order valence-corrected chi connectivity index (χ1v) is 6.03. The molecule has 0 aliphatic carbocycles. The van der Waals surface area contributed by atoms with E-state index in [-0.39, 0.29) is 17.5 Å². The molecule has 100 valence electrons. The van der Waals surface area contributed by atoms with Crippen molar-refractivity contribution in [3.63, 3.8) is 0 Å². The first-order valence-electron chi connectivity index (χ1n) is 6.03. The van der Waals surface area contributed by atoms with Crippen LogP contribution in [0.15, 0.2) is 12.1 Å². The number of nitrogens with zero attached hydrogens (tertiary/aromatic N) is 3. The lowest BCUT2D eigenvalue weighted by Gasteiger charge is -2.15.